The number of H-pyrrole nitrogens is 1. The zero-order valence-electron chi connectivity index (χ0n) is 14.8. The minimum atomic E-state index is 0.274. The van der Waals surface area contributed by atoms with E-state index in [0.717, 1.165) is 43.4 Å². The van der Waals surface area contributed by atoms with Gasteiger partial charge < -0.3 is 15.5 Å². The summed E-state index contributed by atoms with van der Waals surface area (Å²) in [5, 5.41) is 7.07. The maximum atomic E-state index is 5.71. The molecule has 0 aromatic carbocycles. The van der Waals surface area contributed by atoms with Crippen LogP contribution in [0.1, 0.15) is 50.0 Å². The van der Waals surface area contributed by atoms with Crippen LogP contribution in [0.25, 0.3) is 0 Å². The number of nitrogens with one attached hydrogen (secondary N) is 1. The third-order valence-electron chi connectivity index (χ3n) is 4.38. The van der Waals surface area contributed by atoms with Gasteiger partial charge in [0.2, 0.25) is 11.9 Å². The van der Waals surface area contributed by atoms with Crippen LogP contribution >= 0.6 is 0 Å². The van der Waals surface area contributed by atoms with E-state index in [1.165, 1.54) is 0 Å². The molecule has 8 heteroatoms. The molecule has 0 amide bonds. The van der Waals surface area contributed by atoms with E-state index in [1.807, 2.05) is 25.1 Å². The molecular weight excluding hydrogens is 304 g/mol. The lowest BCUT2D eigenvalue weighted by atomic mass is 9.94. The molecular formula is C16H26N8. The molecule has 130 valence electrons. The number of rotatable bonds is 4. The molecule has 0 unspecified atom stereocenters. The van der Waals surface area contributed by atoms with E-state index >= 15 is 0 Å². The Balaban J connectivity index is 1.76. The van der Waals surface area contributed by atoms with Crippen LogP contribution in [0.15, 0.2) is 6.07 Å². The van der Waals surface area contributed by atoms with Crippen molar-refractivity contribution in [2.75, 3.05) is 42.7 Å². The Kier molecular flexibility index (Phi) is 4.55. The van der Waals surface area contributed by atoms with Crippen LogP contribution in [0.3, 0.4) is 0 Å². The topological polar surface area (TPSA) is 99.9 Å². The monoisotopic (exact) mass is 330 g/mol. The average Bonchev–Trinajstić information content (AvgIpc) is 3.01. The highest BCUT2D eigenvalue weighted by Crippen LogP contribution is 2.29. The van der Waals surface area contributed by atoms with Gasteiger partial charge in [-0.05, 0) is 12.8 Å². The van der Waals surface area contributed by atoms with Crippen molar-refractivity contribution in [1.29, 1.82) is 0 Å². The first-order valence-corrected chi connectivity index (χ1v) is 8.43. The molecule has 0 saturated carbocycles. The Morgan fingerprint density at radius 2 is 1.92 bits per heavy atom. The second-order valence-electron chi connectivity index (χ2n) is 6.85. The maximum Gasteiger partial charge on any atom is 0.230 e. The SMILES string of the molecule is CC(C)c1nc(N(C)C)nc(N2CCC(c3cc(N)n[nH]3)CC2)n1. The highest BCUT2D eigenvalue weighted by atomic mass is 15.3. The summed E-state index contributed by atoms with van der Waals surface area (Å²) in [4.78, 5) is 18.0. The first-order valence-electron chi connectivity index (χ1n) is 8.43. The molecule has 3 rings (SSSR count). The summed E-state index contributed by atoms with van der Waals surface area (Å²) in [6.45, 7) is 6.04. The molecule has 8 nitrogen and oxygen atoms in total. The second kappa shape index (κ2) is 6.62. The third-order valence-corrected chi connectivity index (χ3v) is 4.38. The molecule has 2 aromatic heterocycles. The molecule has 1 fully saturated rings. The molecule has 1 aliphatic rings. The first-order chi connectivity index (χ1) is 11.4. The fourth-order valence-corrected chi connectivity index (χ4v) is 2.92. The molecule has 0 radical (unpaired) electrons. The van der Waals surface area contributed by atoms with Crippen LogP contribution in [-0.4, -0.2) is 52.3 Å². The van der Waals surface area contributed by atoms with Gasteiger partial charge in [-0.1, -0.05) is 13.8 Å². The van der Waals surface area contributed by atoms with Crippen molar-refractivity contribution in [2.24, 2.45) is 0 Å². The summed E-state index contributed by atoms with van der Waals surface area (Å²) < 4.78 is 0. The highest BCUT2D eigenvalue weighted by molar-refractivity contribution is 5.39. The van der Waals surface area contributed by atoms with Gasteiger partial charge in [0.25, 0.3) is 0 Å². The Bertz CT molecular complexity index is 659. The van der Waals surface area contributed by atoms with Crippen molar-refractivity contribution >= 4 is 17.7 Å². The predicted octanol–water partition coefficient (Wildman–Crippen LogP) is 1.75. The Hall–Kier alpha value is -2.38. The molecule has 1 aliphatic heterocycles. The van der Waals surface area contributed by atoms with Crippen molar-refractivity contribution in [3.8, 4) is 0 Å². The van der Waals surface area contributed by atoms with Crippen molar-refractivity contribution in [2.45, 2.75) is 38.5 Å². The lowest BCUT2D eigenvalue weighted by molar-refractivity contribution is 0.488. The van der Waals surface area contributed by atoms with Crippen LogP contribution < -0.4 is 15.5 Å². The van der Waals surface area contributed by atoms with Crippen molar-refractivity contribution in [1.82, 2.24) is 25.1 Å². The largest absolute Gasteiger partial charge is 0.382 e. The van der Waals surface area contributed by atoms with E-state index in [0.29, 0.717) is 17.7 Å². The number of aromatic nitrogens is 5. The number of nitrogens with two attached hydrogens (primary N) is 1. The first kappa shape index (κ1) is 16.5. The number of hydrogen-bond donors (Lipinski definition) is 2. The van der Waals surface area contributed by atoms with Gasteiger partial charge in [0, 0.05) is 50.8 Å². The number of nitrogens with zero attached hydrogens (tertiary/aromatic N) is 6. The molecule has 0 atom stereocenters. The Morgan fingerprint density at radius 1 is 1.21 bits per heavy atom. The van der Waals surface area contributed by atoms with Crippen LogP contribution in [0.4, 0.5) is 17.7 Å². The smallest absolute Gasteiger partial charge is 0.230 e. The van der Waals surface area contributed by atoms with Crippen molar-refractivity contribution in [3.05, 3.63) is 17.6 Å². The van der Waals surface area contributed by atoms with Crippen LogP contribution in [0, 0.1) is 0 Å². The number of aromatic amines is 1. The summed E-state index contributed by atoms with van der Waals surface area (Å²) in [6.07, 6.45) is 2.06. The zero-order valence-corrected chi connectivity index (χ0v) is 14.8. The predicted molar refractivity (Wildman–Crippen MR) is 95.4 cm³/mol. The van der Waals surface area contributed by atoms with Gasteiger partial charge in [0.05, 0.1) is 0 Å². The van der Waals surface area contributed by atoms with E-state index in [1.54, 1.807) is 0 Å². The second-order valence-corrected chi connectivity index (χ2v) is 6.85. The van der Waals surface area contributed by atoms with Crippen LogP contribution in [-0.2, 0) is 0 Å². The van der Waals surface area contributed by atoms with Gasteiger partial charge in [-0.25, -0.2) is 0 Å². The molecule has 0 spiro atoms. The summed E-state index contributed by atoms with van der Waals surface area (Å²) in [7, 11) is 3.91. The van der Waals surface area contributed by atoms with Crippen molar-refractivity contribution < 1.29 is 0 Å². The minimum Gasteiger partial charge on any atom is -0.382 e. The number of hydrogen-bond acceptors (Lipinski definition) is 7. The van der Waals surface area contributed by atoms with Gasteiger partial charge >= 0.3 is 0 Å². The third kappa shape index (κ3) is 3.42. The van der Waals surface area contributed by atoms with E-state index in [9.17, 15) is 0 Å². The normalized spacial score (nSPS) is 16.0. The van der Waals surface area contributed by atoms with E-state index in [4.69, 9.17) is 5.73 Å². The standard InChI is InChI=1S/C16H26N8/c1-10(2)14-18-15(23(3)4)20-16(19-14)24-7-5-11(6-8-24)12-9-13(17)22-21-12/h9-11H,5-8H2,1-4H3,(H3,17,21,22). The van der Waals surface area contributed by atoms with Crippen molar-refractivity contribution in [3.63, 3.8) is 0 Å². The number of anilines is 3. The van der Waals surface area contributed by atoms with E-state index < -0.39 is 0 Å². The van der Waals surface area contributed by atoms with Gasteiger partial charge in [-0.15, -0.1) is 0 Å². The molecule has 3 N–H and O–H groups in total. The number of piperidine rings is 1. The molecule has 24 heavy (non-hydrogen) atoms. The number of nitrogen functional groups attached to an aromatic ring is 1. The summed E-state index contributed by atoms with van der Waals surface area (Å²) in [6, 6.07) is 1.93. The van der Waals surface area contributed by atoms with Gasteiger partial charge in [-0.2, -0.15) is 20.1 Å². The summed E-state index contributed by atoms with van der Waals surface area (Å²) >= 11 is 0. The molecule has 3 heterocycles. The summed E-state index contributed by atoms with van der Waals surface area (Å²) in [5.41, 5.74) is 6.83. The van der Waals surface area contributed by atoms with Crippen LogP contribution in [0.5, 0.6) is 0 Å². The average molecular weight is 330 g/mol. The van der Waals surface area contributed by atoms with Gasteiger partial charge in [0.1, 0.15) is 11.6 Å². The fourth-order valence-electron chi connectivity index (χ4n) is 2.92. The van der Waals surface area contributed by atoms with E-state index in [2.05, 4.69) is 43.9 Å². The fraction of sp³-hybridized carbons (Fsp3) is 0.625. The lowest BCUT2D eigenvalue weighted by Gasteiger charge is -2.32. The quantitative estimate of drug-likeness (QED) is 0.881. The Morgan fingerprint density at radius 3 is 2.46 bits per heavy atom. The maximum absolute atomic E-state index is 5.71. The molecule has 0 aliphatic carbocycles. The highest BCUT2D eigenvalue weighted by Gasteiger charge is 2.24. The molecule has 0 bridgehead atoms. The zero-order chi connectivity index (χ0) is 17.3. The lowest BCUT2D eigenvalue weighted by Crippen LogP contribution is -2.35. The molecule has 2 aromatic rings. The Labute approximate surface area is 142 Å². The van der Waals surface area contributed by atoms with Crippen LogP contribution in [0.2, 0.25) is 0 Å². The molecule has 1 saturated heterocycles. The minimum absolute atomic E-state index is 0.274. The van der Waals surface area contributed by atoms with E-state index in [-0.39, 0.29) is 5.92 Å². The van der Waals surface area contributed by atoms with Gasteiger partial charge in [0.15, 0.2) is 0 Å². The summed E-state index contributed by atoms with van der Waals surface area (Å²) in [5.74, 6) is 3.63. The van der Waals surface area contributed by atoms with Gasteiger partial charge in [-0.3, -0.25) is 5.10 Å².